The molecule has 0 aromatic heterocycles. The van der Waals surface area contributed by atoms with Gasteiger partial charge in [-0.05, 0) is 62.9 Å². The van der Waals surface area contributed by atoms with Crippen LogP contribution in [0.2, 0.25) is 0 Å². The summed E-state index contributed by atoms with van der Waals surface area (Å²) in [6.45, 7) is 6.26. The molecule has 1 fully saturated rings. The Morgan fingerprint density at radius 1 is 0.857 bits per heavy atom. The Balaban J connectivity index is 1.57. The Kier molecular flexibility index (Phi) is 13.3. The lowest BCUT2D eigenvalue weighted by Crippen LogP contribution is -2.50. The Hall–Kier alpha value is -4.79. The predicted molar refractivity (Wildman–Crippen MR) is 188 cm³/mol. The lowest BCUT2D eigenvalue weighted by molar-refractivity contribution is -0.127. The highest BCUT2D eigenvalue weighted by Gasteiger charge is 2.28. The van der Waals surface area contributed by atoms with Crippen molar-refractivity contribution < 1.29 is 27.6 Å². The van der Waals surface area contributed by atoms with Crippen molar-refractivity contribution >= 4 is 39.5 Å². The first-order valence-corrected chi connectivity index (χ1v) is 17.8. The van der Waals surface area contributed by atoms with E-state index in [-0.39, 0.29) is 60.8 Å². The highest BCUT2D eigenvalue weighted by Crippen LogP contribution is 2.25. The fraction of sp³-hybridized carbons (Fsp3) is 0.371. The van der Waals surface area contributed by atoms with Gasteiger partial charge in [0, 0.05) is 43.3 Å². The van der Waals surface area contributed by atoms with Crippen molar-refractivity contribution in [3.8, 4) is 0 Å². The molecule has 3 aromatic carbocycles. The Labute approximate surface area is 287 Å². The monoisotopic (exact) mass is 691 g/mol. The second-order valence-electron chi connectivity index (χ2n) is 11.9. The molecule has 0 aliphatic carbocycles. The summed E-state index contributed by atoms with van der Waals surface area (Å²) in [5, 5.41) is 14.3. The summed E-state index contributed by atoms with van der Waals surface area (Å²) in [5.41, 5.74) is 2.24. The summed E-state index contributed by atoms with van der Waals surface area (Å²) in [7, 11) is -3.88. The van der Waals surface area contributed by atoms with Gasteiger partial charge in [-0.2, -0.15) is 13.1 Å². The van der Waals surface area contributed by atoms with E-state index < -0.39 is 34.1 Å². The second kappa shape index (κ2) is 17.6. The van der Waals surface area contributed by atoms with Crippen molar-refractivity contribution in [3.63, 3.8) is 0 Å². The number of nitrogens with zero attached hydrogens (tertiary/aromatic N) is 1. The van der Waals surface area contributed by atoms with Crippen LogP contribution in [-0.2, 0) is 26.2 Å². The zero-order valence-electron chi connectivity index (χ0n) is 28.0. The number of benzene rings is 3. The molecule has 14 heteroatoms. The lowest BCUT2D eigenvalue weighted by atomic mass is 10.0. The van der Waals surface area contributed by atoms with Crippen molar-refractivity contribution in [1.82, 2.24) is 31.3 Å². The largest absolute Gasteiger partial charge is 0.355 e. The number of hydrogen-bond donors (Lipinski definition) is 6. The molecule has 1 aliphatic heterocycles. The van der Waals surface area contributed by atoms with Crippen LogP contribution < -0.4 is 35.6 Å². The molecule has 0 bridgehead atoms. The van der Waals surface area contributed by atoms with Gasteiger partial charge in [-0.15, -0.1) is 0 Å². The molecule has 262 valence electrons. The van der Waals surface area contributed by atoms with Crippen LogP contribution in [0.5, 0.6) is 0 Å². The molecule has 4 rings (SSSR count). The molecule has 0 spiro atoms. The maximum atomic E-state index is 13.9. The van der Waals surface area contributed by atoms with Crippen molar-refractivity contribution in [3.05, 3.63) is 101 Å². The smallest absolute Gasteiger partial charge is 0.301 e. The number of amides is 4. The number of carbonyl (C=O) groups excluding carboxylic acids is 4. The van der Waals surface area contributed by atoms with Crippen molar-refractivity contribution in [2.75, 3.05) is 37.0 Å². The molecule has 3 aromatic rings. The topological polar surface area (TPSA) is 178 Å². The Morgan fingerprint density at radius 2 is 1.49 bits per heavy atom. The first-order chi connectivity index (χ1) is 23.5. The van der Waals surface area contributed by atoms with E-state index in [1.54, 1.807) is 13.8 Å². The lowest BCUT2D eigenvalue weighted by Gasteiger charge is -2.29. The third kappa shape index (κ3) is 10.9. The van der Waals surface area contributed by atoms with E-state index in [2.05, 4.69) is 31.3 Å². The van der Waals surface area contributed by atoms with Gasteiger partial charge in [0.1, 0.15) is 0 Å². The van der Waals surface area contributed by atoms with Gasteiger partial charge in [0.15, 0.2) is 0 Å². The van der Waals surface area contributed by atoms with E-state index in [9.17, 15) is 27.6 Å². The van der Waals surface area contributed by atoms with Gasteiger partial charge in [0.25, 0.3) is 11.8 Å². The van der Waals surface area contributed by atoms with Crippen LogP contribution in [0.1, 0.15) is 65.1 Å². The molecule has 1 unspecified atom stereocenters. The fourth-order valence-corrected chi connectivity index (χ4v) is 6.66. The number of anilines is 1. The van der Waals surface area contributed by atoms with E-state index >= 15 is 0 Å². The van der Waals surface area contributed by atoms with Crippen LogP contribution in [0.4, 0.5) is 5.69 Å². The van der Waals surface area contributed by atoms with Gasteiger partial charge in [0.05, 0.1) is 24.3 Å². The Bertz CT molecular complexity index is 1710. The van der Waals surface area contributed by atoms with E-state index in [1.807, 2.05) is 67.6 Å². The minimum atomic E-state index is -3.88. The number of carbonyl (C=O) groups is 4. The minimum Gasteiger partial charge on any atom is -0.355 e. The molecular formula is C35H45N7O6S. The molecule has 1 saturated heterocycles. The van der Waals surface area contributed by atoms with Crippen LogP contribution in [0.25, 0.3) is 0 Å². The van der Waals surface area contributed by atoms with Crippen molar-refractivity contribution in [2.45, 2.75) is 51.7 Å². The van der Waals surface area contributed by atoms with E-state index in [4.69, 9.17) is 0 Å². The molecule has 0 saturated carbocycles. The third-order valence-corrected chi connectivity index (χ3v) is 9.55. The van der Waals surface area contributed by atoms with Gasteiger partial charge in [-0.3, -0.25) is 23.5 Å². The zero-order valence-corrected chi connectivity index (χ0v) is 28.8. The summed E-state index contributed by atoms with van der Waals surface area (Å²) in [6.07, 6.45) is 0.959. The van der Waals surface area contributed by atoms with E-state index in [0.29, 0.717) is 19.4 Å². The average molecular weight is 692 g/mol. The number of nitrogens with one attached hydrogen (secondary N) is 6. The van der Waals surface area contributed by atoms with Crippen LogP contribution in [0.3, 0.4) is 0 Å². The molecule has 49 heavy (non-hydrogen) atoms. The zero-order chi connectivity index (χ0) is 35.4. The highest BCUT2D eigenvalue weighted by molar-refractivity contribution is 7.90. The molecule has 3 atom stereocenters. The molecular weight excluding hydrogens is 646 g/mol. The van der Waals surface area contributed by atoms with Crippen LogP contribution in [0, 0.1) is 0 Å². The Morgan fingerprint density at radius 3 is 2.12 bits per heavy atom. The minimum absolute atomic E-state index is 0.0987. The summed E-state index contributed by atoms with van der Waals surface area (Å²) in [5.74, 6) is -1.66. The summed E-state index contributed by atoms with van der Waals surface area (Å²) in [6, 6.07) is 21.7. The standard InChI is InChI=1S/C35H45N7O6S/c1-4-36-32(43)23-38-33(44)25(3)37-22-30(18-26-12-7-5-8-13-26)41-35(46)29-19-28(34(45)40-24(2)27-14-9-6-10-15-27)20-31(21-29)42-17-11-16-39-49(42,47)48/h5-10,12-15,19-21,24-25,30,37,39H,4,11,16-18,22-23H2,1-3H3,(H,36,43)(H,38,44)(H,40,45)(H,41,46)/t24-,25?,30+/m1/s1. The molecule has 6 N–H and O–H groups in total. The van der Waals surface area contributed by atoms with Crippen LogP contribution in [0.15, 0.2) is 78.9 Å². The molecule has 13 nitrogen and oxygen atoms in total. The first-order valence-electron chi connectivity index (χ1n) is 16.4. The van der Waals surface area contributed by atoms with Gasteiger partial charge in [0.2, 0.25) is 11.8 Å². The van der Waals surface area contributed by atoms with Gasteiger partial charge < -0.3 is 26.6 Å². The first kappa shape index (κ1) is 37.0. The summed E-state index contributed by atoms with van der Waals surface area (Å²) in [4.78, 5) is 51.9. The fourth-order valence-electron chi connectivity index (χ4n) is 5.35. The van der Waals surface area contributed by atoms with Gasteiger partial charge >= 0.3 is 10.2 Å². The molecule has 0 radical (unpaired) electrons. The number of rotatable bonds is 15. The molecule has 4 amide bonds. The maximum Gasteiger partial charge on any atom is 0.301 e. The van der Waals surface area contributed by atoms with Crippen molar-refractivity contribution in [2.24, 2.45) is 0 Å². The van der Waals surface area contributed by atoms with E-state index in [1.165, 1.54) is 18.2 Å². The van der Waals surface area contributed by atoms with Crippen LogP contribution >= 0.6 is 0 Å². The quantitative estimate of drug-likeness (QED) is 0.141. The second-order valence-corrected chi connectivity index (χ2v) is 13.5. The normalized spacial score (nSPS) is 15.7. The average Bonchev–Trinajstić information content (AvgIpc) is 3.09. The van der Waals surface area contributed by atoms with Crippen molar-refractivity contribution in [1.29, 1.82) is 0 Å². The molecule has 1 aliphatic rings. The van der Waals surface area contributed by atoms with Crippen LogP contribution in [-0.4, -0.2) is 76.9 Å². The van der Waals surface area contributed by atoms with E-state index in [0.717, 1.165) is 15.4 Å². The number of hydrogen-bond acceptors (Lipinski definition) is 7. The van der Waals surface area contributed by atoms with Gasteiger partial charge in [-0.1, -0.05) is 60.7 Å². The predicted octanol–water partition coefficient (Wildman–Crippen LogP) is 1.79. The SMILES string of the molecule is CCNC(=O)CNC(=O)C(C)NC[C@H](Cc1ccccc1)NC(=O)c1cc(C(=O)N[C@H](C)c2ccccc2)cc(N2CCCNS2(=O)=O)c1. The van der Waals surface area contributed by atoms with Gasteiger partial charge in [-0.25, -0.2) is 0 Å². The molecule has 1 heterocycles. The summed E-state index contributed by atoms with van der Waals surface area (Å²) >= 11 is 0. The summed E-state index contributed by atoms with van der Waals surface area (Å²) < 4.78 is 29.6. The number of likely N-dealkylation sites (N-methyl/N-ethyl adjacent to an activating group) is 1. The maximum absolute atomic E-state index is 13.9. The third-order valence-electron chi connectivity index (χ3n) is 8.01. The highest BCUT2D eigenvalue weighted by atomic mass is 32.2.